The van der Waals surface area contributed by atoms with E-state index >= 15 is 0 Å². The number of carbonyl (C=O) groups is 1. The van der Waals surface area contributed by atoms with Crippen LogP contribution in [0.15, 0.2) is 18.2 Å². The number of ketones is 1. The van der Waals surface area contributed by atoms with Crippen LogP contribution in [0.4, 0.5) is 0 Å². The molecule has 0 N–H and O–H groups in total. The van der Waals surface area contributed by atoms with Crippen LogP contribution in [0.25, 0.3) is 0 Å². The molecule has 3 nitrogen and oxygen atoms in total. The molecule has 0 radical (unpaired) electrons. The number of Topliss-reactive ketones (excluding diaryl/α,β-unsaturated/α-hetero) is 1. The quantitative estimate of drug-likeness (QED) is 0.749. The van der Waals surface area contributed by atoms with Gasteiger partial charge in [0.2, 0.25) is 0 Å². The lowest BCUT2D eigenvalue weighted by atomic mass is 10.00. The molecular weight excluding hydrogens is 228 g/mol. The van der Waals surface area contributed by atoms with Gasteiger partial charge in [0.15, 0.2) is 5.78 Å². The lowest BCUT2D eigenvalue weighted by molar-refractivity contribution is 0.0374. The second-order valence-corrected chi connectivity index (χ2v) is 5.00. The summed E-state index contributed by atoms with van der Waals surface area (Å²) < 4.78 is 11.1. The third-order valence-electron chi connectivity index (χ3n) is 3.63. The number of hydrogen-bond donors (Lipinski definition) is 0. The fourth-order valence-corrected chi connectivity index (χ4v) is 2.51. The van der Waals surface area contributed by atoms with Crippen molar-refractivity contribution >= 4 is 5.78 Å². The molecule has 0 amide bonds. The van der Waals surface area contributed by atoms with Gasteiger partial charge in [0, 0.05) is 18.6 Å². The molecule has 2 aliphatic rings. The highest BCUT2D eigenvalue weighted by Crippen LogP contribution is 2.36. The SMILES string of the molecule is CCOC(C(=O)c1ccc2c(c1)CCO2)C1CC1. The summed E-state index contributed by atoms with van der Waals surface area (Å²) >= 11 is 0. The third kappa shape index (κ3) is 2.15. The first-order valence-corrected chi connectivity index (χ1v) is 6.71. The summed E-state index contributed by atoms with van der Waals surface area (Å²) in [7, 11) is 0. The van der Waals surface area contributed by atoms with Gasteiger partial charge in [0.25, 0.3) is 0 Å². The summed E-state index contributed by atoms with van der Waals surface area (Å²) in [6.07, 6.45) is 2.89. The highest BCUT2D eigenvalue weighted by Gasteiger charge is 2.37. The van der Waals surface area contributed by atoms with E-state index in [2.05, 4.69) is 0 Å². The van der Waals surface area contributed by atoms with Gasteiger partial charge in [-0.2, -0.15) is 0 Å². The molecule has 3 rings (SSSR count). The number of benzene rings is 1. The van der Waals surface area contributed by atoms with Crippen LogP contribution in [0, 0.1) is 5.92 Å². The van der Waals surface area contributed by atoms with E-state index in [9.17, 15) is 4.79 Å². The number of hydrogen-bond acceptors (Lipinski definition) is 3. The van der Waals surface area contributed by atoms with Gasteiger partial charge in [-0.05, 0) is 49.4 Å². The van der Waals surface area contributed by atoms with E-state index in [0.717, 1.165) is 42.7 Å². The van der Waals surface area contributed by atoms with Gasteiger partial charge < -0.3 is 9.47 Å². The number of carbonyl (C=O) groups excluding carboxylic acids is 1. The summed E-state index contributed by atoms with van der Waals surface area (Å²) in [6.45, 7) is 3.27. The van der Waals surface area contributed by atoms with E-state index in [1.165, 1.54) is 0 Å². The zero-order valence-corrected chi connectivity index (χ0v) is 10.6. The van der Waals surface area contributed by atoms with E-state index in [1.807, 2.05) is 25.1 Å². The van der Waals surface area contributed by atoms with Gasteiger partial charge in [-0.25, -0.2) is 0 Å². The summed E-state index contributed by atoms with van der Waals surface area (Å²) in [5.41, 5.74) is 1.91. The largest absolute Gasteiger partial charge is 0.493 e. The van der Waals surface area contributed by atoms with Gasteiger partial charge in [-0.15, -0.1) is 0 Å². The Morgan fingerprint density at radius 1 is 1.50 bits per heavy atom. The lowest BCUT2D eigenvalue weighted by Crippen LogP contribution is -2.26. The second kappa shape index (κ2) is 4.73. The Bertz CT molecular complexity index is 463. The van der Waals surface area contributed by atoms with Gasteiger partial charge in [-0.3, -0.25) is 4.79 Å². The monoisotopic (exact) mass is 246 g/mol. The molecule has 1 fully saturated rings. The Hall–Kier alpha value is -1.35. The first-order valence-electron chi connectivity index (χ1n) is 6.71. The Labute approximate surface area is 107 Å². The molecule has 1 atom stereocenters. The minimum absolute atomic E-state index is 0.133. The van der Waals surface area contributed by atoms with Crippen LogP contribution >= 0.6 is 0 Å². The zero-order chi connectivity index (χ0) is 12.5. The maximum atomic E-state index is 12.5. The molecule has 1 aromatic rings. The number of rotatable bonds is 5. The fourth-order valence-electron chi connectivity index (χ4n) is 2.51. The summed E-state index contributed by atoms with van der Waals surface area (Å²) in [4.78, 5) is 12.5. The molecule has 1 aromatic carbocycles. The maximum absolute atomic E-state index is 12.5. The normalized spacial score (nSPS) is 19.2. The highest BCUT2D eigenvalue weighted by atomic mass is 16.5. The Morgan fingerprint density at radius 2 is 2.33 bits per heavy atom. The second-order valence-electron chi connectivity index (χ2n) is 5.00. The zero-order valence-electron chi connectivity index (χ0n) is 10.6. The first kappa shape index (κ1) is 11.7. The van der Waals surface area contributed by atoms with Crippen LogP contribution < -0.4 is 4.74 Å². The van der Waals surface area contributed by atoms with Gasteiger partial charge in [0.1, 0.15) is 11.9 Å². The predicted octanol–water partition coefficient (Wildman–Crippen LogP) is 2.62. The topological polar surface area (TPSA) is 35.5 Å². The molecule has 0 aromatic heterocycles. The van der Waals surface area contributed by atoms with E-state index < -0.39 is 0 Å². The Balaban J connectivity index is 1.82. The van der Waals surface area contributed by atoms with Crippen molar-refractivity contribution in [3.05, 3.63) is 29.3 Å². The van der Waals surface area contributed by atoms with Crippen LogP contribution in [0.1, 0.15) is 35.7 Å². The summed E-state index contributed by atoms with van der Waals surface area (Å²) in [5.74, 6) is 1.49. The molecule has 1 heterocycles. The standard InChI is InChI=1S/C15H18O3/c1-2-17-15(10-3-4-10)14(16)12-5-6-13-11(9-12)7-8-18-13/h5-6,9-10,15H,2-4,7-8H2,1H3. The van der Waals surface area contributed by atoms with Crippen molar-refractivity contribution in [2.75, 3.05) is 13.2 Å². The average Bonchev–Trinajstić information content (AvgIpc) is 3.12. The summed E-state index contributed by atoms with van der Waals surface area (Å²) in [5, 5.41) is 0. The molecule has 0 bridgehead atoms. The van der Waals surface area contributed by atoms with E-state index in [0.29, 0.717) is 12.5 Å². The van der Waals surface area contributed by atoms with Gasteiger partial charge in [-0.1, -0.05) is 0 Å². The molecule has 1 aliphatic carbocycles. The molecular formula is C15H18O3. The maximum Gasteiger partial charge on any atom is 0.191 e. The van der Waals surface area contributed by atoms with Crippen LogP contribution in [0.2, 0.25) is 0 Å². The number of fused-ring (bicyclic) bond motifs is 1. The molecule has 1 aliphatic heterocycles. The van der Waals surface area contributed by atoms with Crippen LogP contribution in [-0.4, -0.2) is 25.1 Å². The lowest BCUT2D eigenvalue weighted by Gasteiger charge is -2.15. The third-order valence-corrected chi connectivity index (χ3v) is 3.63. The van der Waals surface area contributed by atoms with Crippen LogP contribution in [-0.2, 0) is 11.2 Å². The minimum atomic E-state index is -0.240. The molecule has 0 spiro atoms. The van der Waals surface area contributed by atoms with Crippen molar-refractivity contribution in [1.82, 2.24) is 0 Å². The fraction of sp³-hybridized carbons (Fsp3) is 0.533. The van der Waals surface area contributed by atoms with E-state index in [1.54, 1.807) is 0 Å². The smallest absolute Gasteiger partial charge is 0.191 e. The van der Waals surface area contributed by atoms with Gasteiger partial charge in [0.05, 0.1) is 6.61 Å². The number of ether oxygens (including phenoxy) is 2. The van der Waals surface area contributed by atoms with Crippen LogP contribution in [0.3, 0.4) is 0 Å². The molecule has 0 saturated heterocycles. The Morgan fingerprint density at radius 3 is 3.06 bits per heavy atom. The van der Waals surface area contributed by atoms with Crippen molar-refractivity contribution in [3.63, 3.8) is 0 Å². The predicted molar refractivity (Wildman–Crippen MR) is 68.1 cm³/mol. The molecule has 18 heavy (non-hydrogen) atoms. The van der Waals surface area contributed by atoms with Crippen molar-refractivity contribution < 1.29 is 14.3 Å². The van der Waals surface area contributed by atoms with E-state index in [-0.39, 0.29) is 11.9 Å². The van der Waals surface area contributed by atoms with Crippen molar-refractivity contribution in [3.8, 4) is 5.75 Å². The molecule has 1 saturated carbocycles. The van der Waals surface area contributed by atoms with E-state index in [4.69, 9.17) is 9.47 Å². The molecule has 3 heteroatoms. The minimum Gasteiger partial charge on any atom is -0.493 e. The summed E-state index contributed by atoms with van der Waals surface area (Å²) in [6, 6.07) is 5.74. The van der Waals surface area contributed by atoms with Gasteiger partial charge >= 0.3 is 0 Å². The first-order chi connectivity index (χ1) is 8.79. The van der Waals surface area contributed by atoms with Crippen molar-refractivity contribution in [2.24, 2.45) is 5.92 Å². The highest BCUT2D eigenvalue weighted by molar-refractivity contribution is 6.00. The van der Waals surface area contributed by atoms with Crippen molar-refractivity contribution in [2.45, 2.75) is 32.3 Å². The van der Waals surface area contributed by atoms with Crippen molar-refractivity contribution in [1.29, 1.82) is 0 Å². The average molecular weight is 246 g/mol. The van der Waals surface area contributed by atoms with Crippen LogP contribution in [0.5, 0.6) is 5.75 Å². The Kier molecular flexibility index (Phi) is 3.08. The molecule has 96 valence electrons. The molecule has 1 unspecified atom stereocenters.